The highest BCUT2D eigenvalue weighted by molar-refractivity contribution is 6.05. The summed E-state index contributed by atoms with van der Waals surface area (Å²) in [6, 6.07) is 9.53. The van der Waals surface area contributed by atoms with E-state index in [2.05, 4.69) is 5.32 Å². The van der Waals surface area contributed by atoms with Gasteiger partial charge in [0.25, 0.3) is 5.91 Å². The first-order valence-corrected chi connectivity index (χ1v) is 7.40. The van der Waals surface area contributed by atoms with E-state index < -0.39 is 41.8 Å². The lowest BCUT2D eigenvalue weighted by molar-refractivity contribution is -0.173. The minimum absolute atomic E-state index is 0.0655. The van der Waals surface area contributed by atoms with Crippen molar-refractivity contribution in [3.8, 4) is 0 Å². The van der Waals surface area contributed by atoms with Gasteiger partial charge in [-0.3, -0.25) is 9.59 Å². The smallest absolute Gasteiger partial charge is 0.344 e. The van der Waals surface area contributed by atoms with E-state index in [1.54, 1.807) is 5.32 Å². The number of rotatable bonds is 4. The van der Waals surface area contributed by atoms with E-state index >= 15 is 0 Å². The minimum Gasteiger partial charge on any atom is -0.344 e. The van der Waals surface area contributed by atoms with Crippen LogP contribution in [0.4, 0.5) is 32.0 Å². The van der Waals surface area contributed by atoms with Gasteiger partial charge in [0.15, 0.2) is 0 Å². The van der Waals surface area contributed by atoms with E-state index in [1.807, 2.05) is 0 Å². The third-order valence-corrected chi connectivity index (χ3v) is 3.37. The van der Waals surface area contributed by atoms with Crippen molar-refractivity contribution in [2.45, 2.75) is 18.9 Å². The second-order valence-corrected chi connectivity index (χ2v) is 5.38. The molecule has 2 N–H and O–H groups in total. The molecule has 0 aliphatic heterocycles. The Morgan fingerprint density at radius 2 is 1.56 bits per heavy atom. The molecule has 0 atom stereocenters. The molecular formula is C17H12F6N2O2. The third-order valence-electron chi connectivity index (χ3n) is 3.37. The lowest BCUT2D eigenvalue weighted by Gasteiger charge is -2.13. The van der Waals surface area contributed by atoms with Gasteiger partial charge >= 0.3 is 18.3 Å². The summed E-state index contributed by atoms with van der Waals surface area (Å²) in [4.78, 5) is 23.0. The topological polar surface area (TPSA) is 58.2 Å². The lowest BCUT2D eigenvalue weighted by atomic mass is 10.1. The van der Waals surface area contributed by atoms with Crippen LogP contribution in [0.1, 0.15) is 21.5 Å². The number of alkyl halides is 6. The molecule has 10 heteroatoms. The van der Waals surface area contributed by atoms with Crippen molar-refractivity contribution >= 4 is 17.5 Å². The van der Waals surface area contributed by atoms with Gasteiger partial charge in [0.05, 0.1) is 11.1 Å². The predicted molar refractivity (Wildman–Crippen MR) is 83.7 cm³/mol. The molecule has 0 spiro atoms. The monoisotopic (exact) mass is 390 g/mol. The Morgan fingerprint density at radius 1 is 0.889 bits per heavy atom. The quantitative estimate of drug-likeness (QED) is 0.772. The van der Waals surface area contributed by atoms with Gasteiger partial charge in [-0.05, 0) is 29.8 Å². The first kappa shape index (κ1) is 20.3. The summed E-state index contributed by atoms with van der Waals surface area (Å²) < 4.78 is 75.4. The number of carbonyl (C=O) groups excluding carboxylic acids is 2. The van der Waals surface area contributed by atoms with Crippen LogP contribution in [0.15, 0.2) is 48.5 Å². The maximum absolute atomic E-state index is 13.0. The zero-order chi connectivity index (χ0) is 20.2. The summed E-state index contributed by atoms with van der Waals surface area (Å²) in [7, 11) is 0. The molecule has 4 nitrogen and oxygen atoms in total. The van der Waals surface area contributed by atoms with Crippen molar-refractivity contribution in [1.82, 2.24) is 5.32 Å². The first-order valence-electron chi connectivity index (χ1n) is 7.40. The Labute approximate surface area is 149 Å². The van der Waals surface area contributed by atoms with Crippen molar-refractivity contribution in [3.05, 3.63) is 65.2 Å². The summed E-state index contributed by atoms with van der Waals surface area (Å²) >= 11 is 0. The van der Waals surface area contributed by atoms with Crippen molar-refractivity contribution in [1.29, 1.82) is 0 Å². The third kappa shape index (κ3) is 5.47. The number of hydrogen-bond donors (Lipinski definition) is 2. The molecule has 2 rings (SSSR count). The highest BCUT2D eigenvalue weighted by Gasteiger charge is 2.38. The molecule has 0 aliphatic carbocycles. The molecule has 144 valence electrons. The molecule has 2 amide bonds. The van der Waals surface area contributed by atoms with E-state index in [0.29, 0.717) is 0 Å². The van der Waals surface area contributed by atoms with Crippen LogP contribution in [0.2, 0.25) is 0 Å². The molecule has 2 aromatic rings. The summed E-state index contributed by atoms with van der Waals surface area (Å²) in [6.45, 7) is -0.471. The number of hydrogen-bond acceptors (Lipinski definition) is 2. The normalized spacial score (nSPS) is 11.8. The number of amides is 2. The lowest BCUT2D eigenvalue weighted by Crippen LogP contribution is -2.36. The summed E-state index contributed by atoms with van der Waals surface area (Å²) in [6.07, 6.45) is -9.76. The number of carbonyl (C=O) groups is 2. The largest absolute Gasteiger partial charge is 0.471 e. The molecule has 2 aromatic carbocycles. The summed E-state index contributed by atoms with van der Waals surface area (Å²) in [5.41, 5.74) is -1.43. The SMILES string of the molecule is O=C(Nc1cccc(CNC(=O)C(F)(F)F)c1)c1ccccc1C(F)(F)F. The molecule has 0 aromatic heterocycles. The van der Waals surface area contributed by atoms with E-state index in [0.717, 1.165) is 18.2 Å². The van der Waals surface area contributed by atoms with Crippen LogP contribution in [0.25, 0.3) is 0 Å². The van der Waals surface area contributed by atoms with Crippen LogP contribution in [-0.4, -0.2) is 18.0 Å². The number of anilines is 1. The Kier molecular flexibility index (Phi) is 5.77. The van der Waals surface area contributed by atoms with Gasteiger partial charge in [0.1, 0.15) is 0 Å². The maximum atomic E-state index is 13.0. The Balaban J connectivity index is 2.13. The second-order valence-electron chi connectivity index (χ2n) is 5.38. The molecule has 0 heterocycles. The van der Waals surface area contributed by atoms with Crippen LogP contribution in [-0.2, 0) is 17.5 Å². The van der Waals surface area contributed by atoms with Crippen molar-refractivity contribution in [2.75, 3.05) is 5.32 Å². The highest BCUT2D eigenvalue weighted by atomic mass is 19.4. The summed E-state index contributed by atoms with van der Waals surface area (Å²) in [5, 5.41) is 3.91. The second kappa shape index (κ2) is 7.68. The zero-order valence-electron chi connectivity index (χ0n) is 13.4. The van der Waals surface area contributed by atoms with E-state index in [9.17, 15) is 35.9 Å². The molecule has 0 saturated heterocycles. The van der Waals surface area contributed by atoms with Gasteiger partial charge < -0.3 is 10.6 Å². The van der Waals surface area contributed by atoms with Crippen LogP contribution in [0.5, 0.6) is 0 Å². The standard InChI is InChI=1S/C17H12F6N2O2/c18-16(19,20)13-7-2-1-6-12(13)14(26)25-11-5-3-4-10(8-11)9-24-15(27)17(21,22)23/h1-8H,9H2,(H,24,27)(H,25,26). The fraction of sp³-hybridized carbons (Fsp3) is 0.176. The maximum Gasteiger partial charge on any atom is 0.471 e. The fourth-order valence-electron chi connectivity index (χ4n) is 2.17. The molecule has 0 saturated carbocycles. The van der Waals surface area contributed by atoms with E-state index in [1.165, 1.54) is 30.3 Å². The average Bonchev–Trinajstić information content (AvgIpc) is 2.58. The number of halogens is 6. The van der Waals surface area contributed by atoms with Crippen LogP contribution >= 0.6 is 0 Å². The van der Waals surface area contributed by atoms with Crippen molar-refractivity contribution in [3.63, 3.8) is 0 Å². The number of nitrogens with one attached hydrogen (secondary N) is 2. The molecule has 0 fully saturated rings. The minimum atomic E-state index is -5.03. The van der Waals surface area contributed by atoms with Crippen LogP contribution in [0, 0.1) is 0 Å². The molecular weight excluding hydrogens is 378 g/mol. The molecule has 0 aliphatic rings. The van der Waals surface area contributed by atoms with E-state index in [4.69, 9.17) is 0 Å². The van der Waals surface area contributed by atoms with Crippen molar-refractivity contribution < 1.29 is 35.9 Å². The van der Waals surface area contributed by atoms with Gasteiger partial charge in [-0.25, -0.2) is 0 Å². The molecule has 0 bridgehead atoms. The Hall–Kier alpha value is -3.04. The van der Waals surface area contributed by atoms with Crippen LogP contribution < -0.4 is 10.6 Å². The van der Waals surface area contributed by atoms with Crippen molar-refractivity contribution in [2.24, 2.45) is 0 Å². The fourth-order valence-corrected chi connectivity index (χ4v) is 2.17. The summed E-state index contributed by atoms with van der Waals surface area (Å²) in [5.74, 6) is -3.16. The van der Waals surface area contributed by atoms with Gasteiger partial charge in [0.2, 0.25) is 0 Å². The zero-order valence-corrected chi connectivity index (χ0v) is 13.4. The van der Waals surface area contributed by atoms with Gasteiger partial charge in [-0.15, -0.1) is 0 Å². The molecule has 0 unspecified atom stereocenters. The van der Waals surface area contributed by atoms with Gasteiger partial charge in [0, 0.05) is 12.2 Å². The van der Waals surface area contributed by atoms with Gasteiger partial charge in [-0.2, -0.15) is 26.3 Å². The van der Waals surface area contributed by atoms with E-state index in [-0.39, 0.29) is 11.3 Å². The predicted octanol–water partition coefficient (Wildman–Crippen LogP) is 4.14. The Bertz CT molecular complexity index is 846. The Morgan fingerprint density at radius 3 is 2.19 bits per heavy atom. The highest BCUT2D eigenvalue weighted by Crippen LogP contribution is 2.32. The first-order chi connectivity index (χ1) is 12.5. The van der Waals surface area contributed by atoms with Crippen LogP contribution in [0.3, 0.4) is 0 Å². The molecule has 27 heavy (non-hydrogen) atoms. The molecule has 0 radical (unpaired) electrons. The average molecular weight is 390 g/mol. The number of benzene rings is 2. The van der Waals surface area contributed by atoms with Gasteiger partial charge in [-0.1, -0.05) is 24.3 Å².